The van der Waals surface area contributed by atoms with Gasteiger partial charge in [-0.2, -0.15) is 0 Å². The van der Waals surface area contributed by atoms with Gasteiger partial charge in [-0.15, -0.1) is 0 Å². The quantitative estimate of drug-likeness (QED) is 0.501. The van der Waals surface area contributed by atoms with Crippen molar-refractivity contribution in [3.8, 4) is 0 Å². The molecule has 0 aromatic carbocycles. The Morgan fingerprint density at radius 2 is 1.93 bits per heavy atom. The fourth-order valence-corrected chi connectivity index (χ4v) is 3.73. The van der Waals surface area contributed by atoms with Crippen molar-refractivity contribution < 1.29 is 19.4 Å². The zero-order valence-electron chi connectivity index (χ0n) is 19.1. The van der Waals surface area contributed by atoms with E-state index in [1.54, 1.807) is 6.08 Å². The molecule has 5 nitrogen and oxygen atoms in total. The van der Waals surface area contributed by atoms with Gasteiger partial charge in [0.15, 0.2) is 12.1 Å². The summed E-state index contributed by atoms with van der Waals surface area (Å²) in [7, 11) is 4.16. The maximum Gasteiger partial charge on any atom is 0.160 e. The van der Waals surface area contributed by atoms with Crippen molar-refractivity contribution in [2.75, 3.05) is 14.1 Å². The molecule has 0 aliphatic carbocycles. The summed E-state index contributed by atoms with van der Waals surface area (Å²) in [5.41, 5.74) is 0. The molecule has 28 heavy (non-hydrogen) atoms. The van der Waals surface area contributed by atoms with Crippen molar-refractivity contribution >= 4 is 5.78 Å². The Bertz CT molecular complexity index is 477. The highest BCUT2D eigenvalue weighted by atomic mass is 16.7. The molecule has 6 atom stereocenters. The first-order chi connectivity index (χ1) is 13.1. The van der Waals surface area contributed by atoms with Crippen LogP contribution in [0.2, 0.25) is 0 Å². The topological polar surface area (TPSA) is 59.0 Å². The number of allylic oxidation sites excluding steroid dienone is 2. The van der Waals surface area contributed by atoms with Crippen LogP contribution in [-0.4, -0.2) is 60.5 Å². The summed E-state index contributed by atoms with van der Waals surface area (Å²) >= 11 is 0. The maximum absolute atomic E-state index is 12.6. The molecule has 1 aliphatic heterocycles. The number of ketones is 1. The van der Waals surface area contributed by atoms with Crippen LogP contribution in [0.25, 0.3) is 0 Å². The number of likely N-dealkylation sites (N-methyl/N-ethyl adjacent to an activating group) is 1. The normalized spacial score (nSPS) is 26.7. The van der Waals surface area contributed by atoms with Gasteiger partial charge in [0, 0.05) is 12.0 Å². The Labute approximate surface area is 172 Å². The standard InChI is InChI=1S/C23H43NO4/c1-8-19(25)10-9-11-22(17(4)21(26)14-12-16(2)3)28-23-15-13-20(24(6)7)18(5)27-23/h12,14,16-20,22-23,25H,8-11,13,15H2,1-7H3/b14-12+/t17-,18?,19-,20-,22-,23-/m0/s1. The Morgan fingerprint density at radius 3 is 2.46 bits per heavy atom. The SMILES string of the molecule is CC[C@H](O)CCC[C@H](O[C@H]1CC[C@H](N(C)C)C(C)O1)[C@@H](C)C(=O)/C=C/C(C)C. The summed E-state index contributed by atoms with van der Waals surface area (Å²) in [5, 5.41) is 9.85. The first kappa shape index (κ1) is 25.3. The molecule has 0 bridgehead atoms. The number of ether oxygens (including phenoxy) is 2. The van der Waals surface area contributed by atoms with Gasteiger partial charge in [0.1, 0.15) is 0 Å². The molecule has 164 valence electrons. The van der Waals surface area contributed by atoms with Crippen molar-refractivity contribution in [1.82, 2.24) is 4.90 Å². The van der Waals surface area contributed by atoms with Gasteiger partial charge in [-0.3, -0.25) is 4.79 Å². The molecule has 1 saturated heterocycles. The molecule has 1 heterocycles. The molecule has 0 radical (unpaired) electrons. The molecule has 1 aliphatic rings. The van der Waals surface area contributed by atoms with Gasteiger partial charge >= 0.3 is 0 Å². The summed E-state index contributed by atoms with van der Waals surface area (Å²) in [6.07, 6.45) is 7.95. The van der Waals surface area contributed by atoms with Crippen LogP contribution in [0.15, 0.2) is 12.2 Å². The lowest BCUT2D eigenvalue weighted by molar-refractivity contribution is -0.231. The van der Waals surface area contributed by atoms with Gasteiger partial charge in [-0.25, -0.2) is 0 Å². The number of aliphatic hydroxyl groups is 1. The minimum absolute atomic E-state index is 0.100. The molecule has 1 unspecified atom stereocenters. The van der Waals surface area contributed by atoms with Crippen molar-refractivity contribution in [2.45, 2.75) is 104 Å². The van der Waals surface area contributed by atoms with Crippen LogP contribution in [0.3, 0.4) is 0 Å². The van der Waals surface area contributed by atoms with Crippen molar-refractivity contribution in [1.29, 1.82) is 0 Å². The molecular formula is C23H43NO4. The second-order valence-electron chi connectivity index (χ2n) is 8.84. The predicted molar refractivity (Wildman–Crippen MR) is 114 cm³/mol. The second-order valence-corrected chi connectivity index (χ2v) is 8.84. The van der Waals surface area contributed by atoms with Gasteiger partial charge in [-0.1, -0.05) is 33.8 Å². The summed E-state index contributed by atoms with van der Waals surface area (Å²) in [4.78, 5) is 14.8. The van der Waals surface area contributed by atoms with Crippen LogP contribution in [0.4, 0.5) is 0 Å². The largest absolute Gasteiger partial charge is 0.393 e. The lowest BCUT2D eigenvalue weighted by Gasteiger charge is -2.39. The predicted octanol–water partition coefficient (Wildman–Crippen LogP) is 4.19. The number of aliphatic hydroxyl groups excluding tert-OH is 1. The van der Waals surface area contributed by atoms with Crippen LogP contribution in [0.1, 0.15) is 73.1 Å². The number of rotatable bonds is 12. The highest BCUT2D eigenvalue weighted by Gasteiger charge is 2.33. The number of carbonyl (C=O) groups is 1. The second kappa shape index (κ2) is 12.7. The van der Waals surface area contributed by atoms with Crippen molar-refractivity contribution in [3.63, 3.8) is 0 Å². The third-order valence-corrected chi connectivity index (χ3v) is 5.75. The Kier molecular flexibility index (Phi) is 11.5. The third-order valence-electron chi connectivity index (χ3n) is 5.75. The zero-order valence-corrected chi connectivity index (χ0v) is 19.1. The van der Waals surface area contributed by atoms with Gasteiger partial charge in [0.25, 0.3) is 0 Å². The number of hydrogen-bond acceptors (Lipinski definition) is 5. The first-order valence-corrected chi connectivity index (χ1v) is 11.0. The summed E-state index contributed by atoms with van der Waals surface area (Å²) in [6, 6.07) is 0.394. The highest BCUT2D eigenvalue weighted by molar-refractivity contribution is 5.91. The van der Waals surface area contributed by atoms with Crippen LogP contribution in [0, 0.1) is 11.8 Å². The van der Waals surface area contributed by atoms with Crippen molar-refractivity contribution in [2.24, 2.45) is 11.8 Å². The number of hydrogen-bond donors (Lipinski definition) is 1. The minimum Gasteiger partial charge on any atom is -0.393 e. The van der Waals surface area contributed by atoms with Crippen molar-refractivity contribution in [3.05, 3.63) is 12.2 Å². The van der Waals surface area contributed by atoms with E-state index in [9.17, 15) is 9.90 Å². The Morgan fingerprint density at radius 1 is 1.25 bits per heavy atom. The molecule has 0 spiro atoms. The van der Waals surface area contributed by atoms with Crippen LogP contribution >= 0.6 is 0 Å². The van der Waals surface area contributed by atoms with E-state index >= 15 is 0 Å². The van der Waals surface area contributed by atoms with Gasteiger partial charge < -0.3 is 19.5 Å². The fourth-order valence-electron chi connectivity index (χ4n) is 3.73. The Balaban J connectivity index is 2.73. The molecule has 0 aromatic heterocycles. The number of nitrogens with zero attached hydrogens (tertiary/aromatic N) is 1. The molecule has 1 fully saturated rings. The molecule has 0 amide bonds. The first-order valence-electron chi connectivity index (χ1n) is 11.0. The van der Waals surface area contributed by atoms with E-state index in [0.29, 0.717) is 12.0 Å². The third kappa shape index (κ3) is 8.73. The van der Waals surface area contributed by atoms with Crippen LogP contribution in [0.5, 0.6) is 0 Å². The van der Waals surface area contributed by atoms with Gasteiger partial charge in [-0.05, 0) is 71.5 Å². The smallest absolute Gasteiger partial charge is 0.160 e. The maximum atomic E-state index is 12.6. The average Bonchev–Trinajstić information content (AvgIpc) is 2.64. The summed E-state index contributed by atoms with van der Waals surface area (Å²) < 4.78 is 12.4. The fraction of sp³-hybridized carbons (Fsp3) is 0.870. The van der Waals surface area contributed by atoms with E-state index in [-0.39, 0.29) is 36.3 Å². The minimum atomic E-state index is -0.278. The molecular weight excluding hydrogens is 354 g/mol. The lowest BCUT2D eigenvalue weighted by atomic mass is 9.93. The van der Waals surface area contributed by atoms with Gasteiger partial charge in [0.05, 0.1) is 18.3 Å². The lowest BCUT2D eigenvalue weighted by Crippen LogP contribution is -2.47. The molecule has 0 aromatic rings. The molecule has 1 rings (SSSR count). The van der Waals surface area contributed by atoms with E-state index in [4.69, 9.17) is 9.47 Å². The van der Waals surface area contributed by atoms with E-state index in [1.165, 1.54) is 0 Å². The van der Waals surface area contributed by atoms with Crippen LogP contribution < -0.4 is 0 Å². The van der Waals surface area contributed by atoms with Crippen LogP contribution in [-0.2, 0) is 14.3 Å². The Hall–Kier alpha value is -0.750. The summed E-state index contributed by atoms with van der Waals surface area (Å²) in [5.74, 6) is 0.227. The van der Waals surface area contributed by atoms with E-state index < -0.39 is 0 Å². The number of carbonyl (C=O) groups excluding carboxylic acids is 1. The van der Waals surface area contributed by atoms with E-state index in [2.05, 4.69) is 39.8 Å². The molecule has 5 heteroatoms. The van der Waals surface area contributed by atoms with E-state index in [0.717, 1.165) is 38.5 Å². The highest BCUT2D eigenvalue weighted by Crippen LogP contribution is 2.27. The monoisotopic (exact) mass is 397 g/mol. The average molecular weight is 398 g/mol. The molecule has 1 N–H and O–H groups in total. The van der Waals surface area contributed by atoms with Gasteiger partial charge in [0.2, 0.25) is 0 Å². The van der Waals surface area contributed by atoms with E-state index in [1.807, 2.05) is 19.9 Å². The zero-order chi connectivity index (χ0) is 21.3. The summed E-state index contributed by atoms with van der Waals surface area (Å²) in [6.45, 7) is 10.1. The molecule has 0 saturated carbocycles.